The minimum absolute atomic E-state index is 0.0800. The van der Waals surface area contributed by atoms with Crippen LogP contribution in [0.25, 0.3) is 28.2 Å². The first-order valence-electron chi connectivity index (χ1n) is 13.0. The highest BCUT2D eigenvalue weighted by Crippen LogP contribution is 2.31. The van der Waals surface area contributed by atoms with E-state index in [2.05, 4.69) is 64.8 Å². The average molecular weight is 509 g/mol. The lowest BCUT2D eigenvalue weighted by atomic mass is 9.97. The number of tetrazole rings is 1. The summed E-state index contributed by atoms with van der Waals surface area (Å²) in [6.07, 6.45) is 5.63. The highest BCUT2D eigenvalue weighted by molar-refractivity contribution is 5.80. The number of aromatic amines is 1. The molecule has 2 aromatic heterocycles. The van der Waals surface area contributed by atoms with Gasteiger partial charge in [-0.1, -0.05) is 74.9 Å². The molecule has 0 aliphatic rings. The summed E-state index contributed by atoms with van der Waals surface area (Å²) in [5.74, 6) is 1.21. The fourth-order valence-electron chi connectivity index (χ4n) is 4.91. The molecule has 0 saturated heterocycles. The molecule has 0 aliphatic carbocycles. The molecule has 8 nitrogen and oxygen atoms in total. The zero-order valence-corrected chi connectivity index (χ0v) is 22.0. The van der Waals surface area contributed by atoms with Crippen LogP contribution in [0.3, 0.4) is 0 Å². The van der Waals surface area contributed by atoms with Crippen molar-refractivity contribution < 1.29 is 4.74 Å². The van der Waals surface area contributed by atoms with E-state index in [1.54, 1.807) is 11.7 Å². The number of hydrogen-bond donors (Lipinski definition) is 1. The zero-order valence-electron chi connectivity index (χ0n) is 22.0. The van der Waals surface area contributed by atoms with E-state index in [-0.39, 0.29) is 5.69 Å². The minimum Gasteiger partial charge on any atom is -0.495 e. The van der Waals surface area contributed by atoms with Gasteiger partial charge in [-0.15, -0.1) is 10.2 Å². The molecule has 0 radical (unpaired) electrons. The van der Waals surface area contributed by atoms with Crippen molar-refractivity contribution in [1.29, 1.82) is 0 Å². The number of rotatable bonds is 10. The first-order chi connectivity index (χ1) is 18.6. The van der Waals surface area contributed by atoms with Gasteiger partial charge < -0.3 is 4.74 Å². The number of nitrogens with zero attached hydrogens (tertiary/aromatic N) is 5. The van der Waals surface area contributed by atoms with Crippen molar-refractivity contribution in [3.05, 3.63) is 100 Å². The number of aromatic nitrogens is 6. The molecule has 3 aromatic carbocycles. The largest absolute Gasteiger partial charge is 0.495 e. The SMILES string of the molecule is CCCCc1cn(-c2c(CC)cccc2OC)c(=O)n1Cc1ccc(-c2ccccc2)c(-c2nn[nH]n2)c1. The summed E-state index contributed by atoms with van der Waals surface area (Å²) in [5, 5.41) is 14.8. The second-order valence-corrected chi connectivity index (χ2v) is 9.27. The van der Waals surface area contributed by atoms with Crippen LogP contribution in [-0.4, -0.2) is 36.9 Å². The van der Waals surface area contributed by atoms with Gasteiger partial charge in [0.2, 0.25) is 5.82 Å². The summed E-state index contributed by atoms with van der Waals surface area (Å²) < 4.78 is 9.29. The van der Waals surface area contributed by atoms with Crippen LogP contribution in [-0.2, 0) is 19.4 Å². The number of unbranched alkanes of at least 4 members (excludes halogenated alkanes) is 1. The Morgan fingerprint density at radius 2 is 1.82 bits per heavy atom. The molecule has 0 atom stereocenters. The lowest BCUT2D eigenvalue weighted by Crippen LogP contribution is -2.25. The van der Waals surface area contributed by atoms with E-state index in [1.165, 1.54) is 0 Å². The average Bonchev–Trinajstić information content (AvgIpc) is 3.61. The lowest BCUT2D eigenvalue weighted by molar-refractivity contribution is 0.412. The molecule has 194 valence electrons. The van der Waals surface area contributed by atoms with Gasteiger partial charge in [-0.2, -0.15) is 5.21 Å². The summed E-state index contributed by atoms with van der Waals surface area (Å²) in [7, 11) is 1.64. The second-order valence-electron chi connectivity index (χ2n) is 9.27. The Labute approximate surface area is 221 Å². The molecule has 0 bridgehead atoms. The molecular weight excluding hydrogens is 476 g/mol. The Kier molecular flexibility index (Phi) is 7.49. The van der Waals surface area contributed by atoms with Crippen LogP contribution in [0.4, 0.5) is 0 Å². The van der Waals surface area contributed by atoms with Crippen LogP contribution in [0.5, 0.6) is 5.75 Å². The summed E-state index contributed by atoms with van der Waals surface area (Å²) in [4.78, 5) is 13.9. The molecule has 2 heterocycles. The third kappa shape index (κ3) is 4.89. The second kappa shape index (κ2) is 11.3. The van der Waals surface area contributed by atoms with Gasteiger partial charge >= 0.3 is 5.69 Å². The van der Waals surface area contributed by atoms with Crippen LogP contribution in [0.15, 0.2) is 77.7 Å². The quantitative estimate of drug-likeness (QED) is 0.271. The number of imidazole rings is 1. The molecule has 0 amide bonds. The van der Waals surface area contributed by atoms with Gasteiger partial charge in [-0.05, 0) is 58.9 Å². The molecule has 5 rings (SSSR count). The van der Waals surface area contributed by atoms with Crippen molar-refractivity contribution >= 4 is 0 Å². The number of nitrogens with one attached hydrogen (secondary N) is 1. The molecule has 0 spiro atoms. The molecule has 0 aliphatic heterocycles. The van der Waals surface area contributed by atoms with Crippen molar-refractivity contribution in [2.75, 3.05) is 7.11 Å². The first-order valence-corrected chi connectivity index (χ1v) is 13.0. The maximum absolute atomic E-state index is 13.9. The van der Waals surface area contributed by atoms with Crippen molar-refractivity contribution in [3.63, 3.8) is 0 Å². The Morgan fingerprint density at radius 3 is 2.53 bits per heavy atom. The van der Waals surface area contributed by atoms with E-state index in [9.17, 15) is 4.79 Å². The van der Waals surface area contributed by atoms with E-state index < -0.39 is 0 Å². The standard InChI is InChI=1S/C30H32N6O2/c1-4-6-14-24-20-36(28-22(5-2)13-10-15-27(28)38-3)30(37)35(24)19-21-16-17-25(23-11-8-7-9-12-23)26(18-21)29-31-33-34-32-29/h7-13,15-18,20H,4-6,14,19H2,1-3H3,(H,31,32,33,34). The van der Waals surface area contributed by atoms with Crippen molar-refractivity contribution in [1.82, 2.24) is 29.8 Å². The predicted octanol–water partition coefficient (Wildman–Crippen LogP) is 5.45. The summed E-state index contributed by atoms with van der Waals surface area (Å²) in [6.45, 7) is 4.68. The van der Waals surface area contributed by atoms with Gasteiger partial charge in [-0.25, -0.2) is 4.79 Å². The number of ether oxygens (including phenoxy) is 1. The van der Waals surface area contributed by atoms with E-state index in [0.29, 0.717) is 18.1 Å². The van der Waals surface area contributed by atoms with Crippen LogP contribution < -0.4 is 10.4 Å². The number of hydrogen-bond acceptors (Lipinski definition) is 5. The Balaban J connectivity index is 1.61. The molecule has 0 fully saturated rings. The van der Waals surface area contributed by atoms with E-state index in [4.69, 9.17) is 4.74 Å². The van der Waals surface area contributed by atoms with E-state index in [0.717, 1.165) is 64.9 Å². The number of benzene rings is 3. The number of H-pyrrole nitrogens is 1. The molecule has 0 saturated carbocycles. The zero-order chi connectivity index (χ0) is 26.5. The van der Waals surface area contributed by atoms with Crippen molar-refractivity contribution in [2.24, 2.45) is 0 Å². The van der Waals surface area contributed by atoms with Gasteiger partial charge in [0, 0.05) is 17.5 Å². The van der Waals surface area contributed by atoms with Crippen molar-refractivity contribution in [3.8, 4) is 34.0 Å². The van der Waals surface area contributed by atoms with Crippen molar-refractivity contribution in [2.45, 2.75) is 46.1 Å². The Bertz CT molecular complexity index is 1550. The van der Waals surface area contributed by atoms with E-state index >= 15 is 0 Å². The highest BCUT2D eigenvalue weighted by atomic mass is 16.5. The number of aryl methyl sites for hydroxylation is 2. The fourth-order valence-corrected chi connectivity index (χ4v) is 4.91. The normalized spacial score (nSPS) is 11.1. The maximum Gasteiger partial charge on any atom is 0.333 e. The smallest absolute Gasteiger partial charge is 0.333 e. The molecule has 5 aromatic rings. The maximum atomic E-state index is 13.9. The number of methoxy groups -OCH3 is 1. The van der Waals surface area contributed by atoms with E-state index in [1.807, 2.05) is 47.2 Å². The first kappa shape index (κ1) is 25.2. The van der Waals surface area contributed by atoms with Gasteiger partial charge in [0.25, 0.3) is 0 Å². The third-order valence-electron chi connectivity index (χ3n) is 6.87. The molecule has 38 heavy (non-hydrogen) atoms. The number of para-hydroxylation sites is 1. The fraction of sp³-hybridized carbons (Fsp3) is 0.267. The lowest BCUT2D eigenvalue weighted by Gasteiger charge is -2.13. The molecule has 1 N–H and O–H groups in total. The Morgan fingerprint density at radius 1 is 0.974 bits per heavy atom. The monoisotopic (exact) mass is 508 g/mol. The summed E-state index contributed by atoms with van der Waals surface area (Å²) in [6, 6.07) is 22.2. The van der Waals surface area contributed by atoms with Gasteiger partial charge in [0.05, 0.1) is 19.3 Å². The summed E-state index contributed by atoms with van der Waals surface area (Å²) >= 11 is 0. The van der Waals surface area contributed by atoms with Crippen LogP contribution in [0.2, 0.25) is 0 Å². The summed E-state index contributed by atoms with van der Waals surface area (Å²) in [5.41, 5.74) is 6.72. The predicted molar refractivity (Wildman–Crippen MR) is 149 cm³/mol. The van der Waals surface area contributed by atoms with Gasteiger partial charge in [0.1, 0.15) is 5.75 Å². The molecular formula is C30H32N6O2. The molecule has 0 unspecified atom stereocenters. The Hall–Kier alpha value is -4.46. The third-order valence-corrected chi connectivity index (χ3v) is 6.87. The van der Waals surface area contributed by atoms with Gasteiger partial charge in [0.15, 0.2) is 0 Å². The topological polar surface area (TPSA) is 90.6 Å². The van der Waals surface area contributed by atoms with Crippen LogP contribution in [0, 0.1) is 0 Å². The van der Waals surface area contributed by atoms with Crippen LogP contribution in [0.1, 0.15) is 43.5 Å². The highest BCUT2D eigenvalue weighted by Gasteiger charge is 2.19. The minimum atomic E-state index is -0.0800. The van der Waals surface area contributed by atoms with Gasteiger partial charge in [-0.3, -0.25) is 9.13 Å². The van der Waals surface area contributed by atoms with Crippen LogP contribution >= 0.6 is 0 Å². The molecule has 8 heteroatoms.